The number of fused-ring (bicyclic) bond motifs is 1. The van der Waals surface area contributed by atoms with Gasteiger partial charge in [0.25, 0.3) is 5.91 Å². The molecule has 0 aliphatic rings. The summed E-state index contributed by atoms with van der Waals surface area (Å²) in [4.78, 5) is 24.4. The third kappa shape index (κ3) is 6.30. The van der Waals surface area contributed by atoms with Crippen molar-refractivity contribution in [1.29, 1.82) is 0 Å². The van der Waals surface area contributed by atoms with Crippen molar-refractivity contribution < 1.29 is 22.7 Å². The molecule has 2 aromatic carbocycles. The van der Waals surface area contributed by atoms with Gasteiger partial charge in [-0.05, 0) is 18.2 Å². The van der Waals surface area contributed by atoms with Gasteiger partial charge in [-0.25, -0.2) is 9.97 Å². The van der Waals surface area contributed by atoms with Crippen LogP contribution in [0.5, 0.6) is 5.75 Å². The van der Waals surface area contributed by atoms with Crippen LogP contribution >= 0.6 is 11.3 Å². The highest BCUT2D eigenvalue weighted by Crippen LogP contribution is 2.26. The minimum Gasteiger partial charge on any atom is -0.405 e. The number of imidazole rings is 1. The Labute approximate surface area is 191 Å². The fourth-order valence-corrected chi connectivity index (χ4v) is 3.94. The van der Waals surface area contributed by atoms with E-state index in [0.29, 0.717) is 19.5 Å². The fourth-order valence-electron chi connectivity index (χ4n) is 3.16. The summed E-state index contributed by atoms with van der Waals surface area (Å²) in [6, 6.07) is 13.5. The van der Waals surface area contributed by atoms with Gasteiger partial charge in [0.05, 0.1) is 22.6 Å². The van der Waals surface area contributed by atoms with Gasteiger partial charge in [-0.3, -0.25) is 4.79 Å². The number of ether oxygens (including phenoxy) is 1. The van der Waals surface area contributed by atoms with Crippen molar-refractivity contribution in [3.63, 3.8) is 0 Å². The van der Waals surface area contributed by atoms with Gasteiger partial charge in [0, 0.05) is 30.5 Å². The average Bonchev–Trinajstić information content (AvgIpc) is 3.41. The second kappa shape index (κ2) is 10.0. The Kier molecular flexibility index (Phi) is 6.90. The Morgan fingerprint density at radius 1 is 1.06 bits per heavy atom. The van der Waals surface area contributed by atoms with Gasteiger partial charge < -0.3 is 20.4 Å². The summed E-state index contributed by atoms with van der Waals surface area (Å²) in [7, 11) is 0. The van der Waals surface area contributed by atoms with E-state index in [-0.39, 0.29) is 23.6 Å². The molecule has 0 atom stereocenters. The lowest BCUT2D eigenvalue weighted by atomic mass is 10.2. The van der Waals surface area contributed by atoms with Crippen molar-refractivity contribution in [2.45, 2.75) is 25.9 Å². The summed E-state index contributed by atoms with van der Waals surface area (Å²) in [6.45, 7) is 1.11. The van der Waals surface area contributed by atoms with Crippen LogP contribution in [-0.4, -0.2) is 33.8 Å². The van der Waals surface area contributed by atoms with E-state index in [9.17, 15) is 18.0 Å². The monoisotopic (exact) mass is 475 g/mol. The van der Waals surface area contributed by atoms with E-state index in [1.54, 1.807) is 11.4 Å². The van der Waals surface area contributed by atoms with Gasteiger partial charge in [-0.2, -0.15) is 0 Å². The van der Waals surface area contributed by atoms with Crippen LogP contribution in [0.1, 0.15) is 26.9 Å². The molecule has 4 rings (SSSR count). The number of H-pyrrole nitrogens is 1. The predicted octanol–water partition coefficient (Wildman–Crippen LogP) is 4.18. The maximum atomic E-state index is 12.5. The Balaban J connectivity index is 1.25. The summed E-state index contributed by atoms with van der Waals surface area (Å²) in [6.07, 6.45) is -4.18. The summed E-state index contributed by atoms with van der Waals surface area (Å²) in [5.41, 5.74) is 2.34. The number of alkyl halides is 3. The number of thiazole rings is 1. The van der Waals surface area contributed by atoms with Crippen LogP contribution in [0.2, 0.25) is 0 Å². The van der Waals surface area contributed by atoms with Crippen LogP contribution in [-0.2, 0) is 19.5 Å². The quantitative estimate of drug-likeness (QED) is 0.316. The third-order valence-corrected chi connectivity index (χ3v) is 5.58. The Hall–Kier alpha value is -3.44. The number of aromatic nitrogens is 3. The molecule has 33 heavy (non-hydrogen) atoms. The van der Waals surface area contributed by atoms with Gasteiger partial charge >= 0.3 is 6.36 Å². The molecule has 172 valence electrons. The van der Waals surface area contributed by atoms with Gasteiger partial charge in [0.15, 0.2) is 0 Å². The van der Waals surface area contributed by atoms with Crippen LogP contribution in [0.15, 0.2) is 53.9 Å². The molecule has 3 N–H and O–H groups in total. The molecule has 0 saturated carbocycles. The van der Waals surface area contributed by atoms with E-state index >= 15 is 0 Å². The van der Waals surface area contributed by atoms with Crippen molar-refractivity contribution in [1.82, 2.24) is 25.6 Å². The average molecular weight is 475 g/mol. The highest BCUT2D eigenvalue weighted by Gasteiger charge is 2.32. The van der Waals surface area contributed by atoms with Gasteiger partial charge in [0.1, 0.15) is 17.3 Å². The number of rotatable bonds is 9. The summed E-state index contributed by atoms with van der Waals surface area (Å²) >= 11 is 1.35. The second-order valence-electron chi connectivity index (χ2n) is 7.09. The molecular weight excluding hydrogens is 455 g/mol. The first kappa shape index (κ1) is 22.7. The first-order valence-corrected chi connectivity index (χ1v) is 11.0. The molecule has 4 aromatic rings. The second-order valence-corrected chi connectivity index (χ2v) is 8.03. The third-order valence-electron chi connectivity index (χ3n) is 4.67. The molecule has 2 aromatic heterocycles. The molecule has 7 nitrogen and oxygen atoms in total. The van der Waals surface area contributed by atoms with E-state index in [4.69, 9.17) is 0 Å². The van der Waals surface area contributed by atoms with Gasteiger partial charge in [0.2, 0.25) is 0 Å². The number of para-hydroxylation sites is 3. The molecule has 0 bridgehead atoms. The first-order valence-electron chi connectivity index (χ1n) is 10.1. The number of benzene rings is 2. The molecule has 1 amide bonds. The first-order chi connectivity index (χ1) is 15.9. The number of hydrogen-bond donors (Lipinski definition) is 3. The molecule has 0 radical (unpaired) electrons. The maximum Gasteiger partial charge on any atom is 0.573 e. The van der Waals surface area contributed by atoms with E-state index in [1.807, 2.05) is 24.3 Å². The zero-order valence-corrected chi connectivity index (χ0v) is 18.1. The lowest BCUT2D eigenvalue weighted by Gasteiger charge is -2.13. The van der Waals surface area contributed by atoms with Crippen LogP contribution in [0.4, 0.5) is 13.2 Å². The van der Waals surface area contributed by atoms with Gasteiger partial charge in [-0.15, -0.1) is 24.5 Å². The van der Waals surface area contributed by atoms with E-state index in [0.717, 1.165) is 21.9 Å². The standard InChI is InChI=1S/C22H20F3N5O2S/c23-22(24,25)32-18-8-4-1-5-14(18)11-27-21(31)17-13-33-20(30-17)9-10-26-12-19-28-15-6-2-3-7-16(15)29-19/h1-8,13,26H,9-12H2,(H,27,31)(H,28,29). The Morgan fingerprint density at radius 2 is 1.85 bits per heavy atom. The van der Waals surface area contributed by atoms with Crippen LogP contribution in [0, 0.1) is 0 Å². The smallest absolute Gasteiger partial charge is 0.405 e. The van der Waals surface area contributed by atoms with Crippen LogP contribution in [0.25, 0.3) is 11.0 Å². The lowest BCUT2D eigenvalue weighted by molar-refractivity contribution is -0.274. The Bertz CT molecular complexity index is 1200. The number of hydrogen-bond acceptors (Lipinski definition) is 6. The van der Waals surface area contributed by atoms with Crippen molar-refractivity contribution in [3.8, 4) is 5.75 Å². The summed E-state index contributed by atoms with van der Waals surface area (Å²) in [5.74, 6) is 0.0273. The van der Waals surface area contributed by atoms with E-state index in [2.05, 4.69) is 30.3 Å². The minimum absolute atomic E-state index is 0.114. The zero-order valence-electron chi connectivity index (χ0n) is 17.3. The molecule has 11 heteroatoms. The largest absolute Gasteiger partial charge is 0.573 e. The number of nitrogens with zero attached hydrogens (tertiary/aromatic N) is 2. The number of carbonyl (C=O) groups is 1. The van der Waals surface area contributed by atoms with Crippen molar-refractivity contribution in [2.24, 2.45) is 0 Å². The lowest BCUT2D eigenvalue weighted by Crippen LogP contribution is -2.24. The van der Waals surface area contributed by atoms with Gasteiger partial charge in [-0.1, -0.05) is 30.3 Å². The number of aromatic amines is 1. The summed E-state index contributed by atoms with van der Waals surface area (Å²) in [5, 5.41) is 8.28. The molecule has 0 fully saturated rings. The van der Waals surface area contributed by atoms with E-state index in [1.165, 1.54) is 29.5 Å². The Morgan fingerprint density at radius 3 is 2.67 bits per heavy atom. The highest BCUT2D eigenvalue weighted by molar-refractivity contribution is 7.09. The van der Waals surface area contributed by atoms with Crippen molar-refractivity contribution >= 4 is 28.3 Å². The van der Waals surface area contributed by atoms with Crippen molar-refractivity contribution in [2.75, 3.05) is 6.54 Å². The van der Waals surface area contributed by atoms with Crippen LogP contribution in [0.3, 0.4) is 0 Å². The molecule has 0 saturated heterocycles. The van der Waals surface area contributed by atoms with Crippen LogP contribution < -0.4 is 15.4 Å². The number of carbonyl (C=O) groups excluding carboxylic acids is 1. The molecule has 0 aliphatic carbocycles. The predicted molar refractivity (Wildman–Crippen MR) is 118 cm³/mol. The number of amides is 1. The topological polar surface area (TPSA) is 91.9 Å². The summed E-state index contributed by atoms with van der Waals surface area (Å²) < 4.78 is 41.6. The fraction of sp³-hybridized carbons (Fsp3) is 0.227. The number of halogens is 3. The van der Waals surface area contributed by atoms with E-state index < -0.39 is 12.3 Å². The SMILES string of the molecule is O=C(NCc1ccccc1OC(F)(F)F)c1csc(CCNCc2nc3ccccc3[nH]2)n1. The molecule has 0 spiro atoms. The molecule has 2 heterocycles. The van der Waals surface area contributed by atoms with Crippen molar-refractivity contribution in [3.05, 3.63) is 76.0 Å². The molecular formula is C22H20F3N5O2S. The molecule has 0 aliphatic heterocycles. The maximum absolute atomic E-state index is 12.5. The number of nitrogens with one attached hydrogen (secondary N) is 3. The highest BCUT2D eigenvalue weighted by atomic mass is 32.1. The molecule has 0 unspecified atom stereocenters. The zero-order chi connectivity index (χ0) is 23.3. The minimum atomic E-state index is -4.80. The normalized spacial score (nSPS) is 11.6.